The Bertz CT molecular complexity index is 357. The van der Waals surface area contributed by atoms with Crippen molar-refractivity contribution in [2.24, 2.45) is 11.8 Å². The van der Waals surface area contributed by atoms with Gasteiger partial charge < -0.3 is 14.0 Å². The van der Waals surface area contributed by atoms with Crippen LogP contribution >= 0.6 is 0 Å². The molecule has 2 aliphatic rings. The van der Waals surface area contributed by atoms with Gasteiger partial charge in [0.05, 0.1) is 18.1 Å². The molecule has 18 heavy (non-hydrogen) atoms. The third-order valence-electron chi connectivity index (χ3n) is 4.70. The predicted octanol–water partition coefficient (Wildman–Crippen LogP) is 2.78. The molecule has 0 saturated carbocycles. The molecule has 0 aliphatic carbocycles. The van der Waals surface area contributed by atoms with Gasteiger partial charge in [0.15, 0.2) is 8.32 Å². The second-order valence-corrected chi connectivity index (χ2v) is 11.7. The van der Waals surface area contributed by atoms with Gasteiger partial charge in [-0.3, -0.25) is 0 Å². The zero-order valence-corrected chi connectivity index (χ0v) is 13.0. The number of fused-ring (bicyclic) bond motifs is 2. The normalized spacial score (nSPS) is 35.2. The number of carbonyl (C=O) groups excluding carboxylic acids is 1. The highest BCUT2D eigenvalue weighted by atomic mass is 28.4. The van der Waals surface area contributed by atoms with E-state index >= 15 is 0 Å². The maximum Gasteiger partial charge on any atom is 0.191 e. The Balaban J connectivity index is 1.99. The van der Waals surface area contributed by atoms with Crippen molar-refractivity contribution in [3.8, 4) is 0 Å². The van der Waals surface area contributed by atoms with Crippen LogP contribution in [0.1, 0.15) is 20.8 Å². The zero-order chi connectivity index (χ0) is 13.6. The van der Waals surface area contributed by atoms with Crippen molar-refractivity contribution >= 4 is 14.6 Å². The Labute approximate surface area is 111 Å². The molecule has 102 valence electrons. The summed E-state index contributed by atoms with van der Waals surface area (Å²) in [7, 11) is -1.74. The molecule has 0 N–H and O–H groups in total. The molecule has 0 spiro atoms. The molecule has 2 aliphatic heterocycles. The maximum atomic E-state index is 11.2. The first-order chi connectivity index (χ1) is 8.26. The van der Waals surface area contributed by atoms with Crippen LogP contribution in [0.3, 0.4) is 0 Å². The molecule has 0 aromatic rings. The molecule has 4 atom stereocenters. The van der Waals surface area contributed by atoms with Gasteiger partial charge in [-0.1, -0.05) is 32.9 Å². The minimum Gasteiger partial charge on any atom is -0.416 e. The third-order valence-corrected chi connectivity index (χ3v) is 9.20. The number of ether oxygens (including phenoxy) is 1. The number of rotatable bonds is 4. The smallest absolute Gasteiger partial charge is 0.191 e. The molecular formula is C14H24O3Si. The standard InChI is InChI=1S/C14H24O3Si/c1-14(2,3)18(4,5)16-9-11-10(8-15)12-6-7-13(11)17-12/h6-8,10-13H,9H2,1-5H3/t10-,11+,12-,13+/m0/s1. The lowest BCUT2D eigenvalue weighted by atomic mass is 9.85. The Morgan fingerprint density at radius 3 is 2.44 bits per heavy atom. The summed E-state index contributed by atoms with van der Waals surface area (Å²) in [6.07, 6.45) is 5.18. The predicted molar refractivity (Wildman–Crippen MR) is 74.0 cm³/mol. The van der Waals surface area contributed by atoms with Crippen molar-refractivity contribution in [2.75, 3.05) is 6.61 Å². The lowest BCUT2D eigenvalue weighted by Crippen LogP contribution is -2.43. The van der Waals surface area contributed by atoms with Gasteiger partial charge >= 0.3 is 0 Å². The Morgan fingerprint density at radius 2 is 1.89 bits per heavy atom. The second kappa shape index (κ2) is 4.58. The van der Waals surface area contributed by atoms with Gasteiger partial charge in [0.1, 0.15) is 6.29 Å². The van der Waals surface area contributed by atoms with E-state index < -0.39 is 8.32 Å². The lowest BCUT2D eigenvalue weighted by molar-refractivity contribution is -0.113. The molecule has 0 aromatic heterocycles. The summed E-state index contributed by atoms with van der Waals surface area (Å²) in [6.45, 7) is 11.8. The molecule has 0 radical (unpaired) electrons. The topological polar surface area (TPSA) is 35.5 Å². The van der Waals surface area contributed by atoms with Crippen molar-refractivity contribution in [2.45, 2.75) is 51.1 Å². The maximum absolute atomic E-state index is 11.2. The SMILES string of the molecule is CC(C)(C)[Si](C)(C)OC[C@@H]1[C@H](C=O)[C@@H]2C=C[C@H]1O2. The number of hydrogen-bond donors (Lipinski definition) is 0. The van der Waals surface area contributed by atoms with Gasteiger partial charge in [0.25, 0.3) is 0 Å². The van der Waals surface area contributed by atoms with E-state index in [-0.39, 0.29) is 29.1 Å². The summed E-state index contributed by atoms with van der Waals surface area (Å²) >= 11 is 0. The molecule has 1 saturated heterocycles. The average molecular weight is 268 g/mol. The minimum atomic E-state index is -1.74. The molecule has 2 bridgehead atoms. The number of hydrogen-bond acceptors (Lipinski definition) is 3. The highest BCUT2D eigenvalue weighted by molar-refractivity contribution is 6.74. The van der Waals surface area contributed by atoms with Crippen LogP contribution in [-0.4, -0.2) is 33.4 Å². The van der Waals surface area contributed by atoms with E-state index in [4.69, 9.17) is 9.16 Å². The Kier molecular flexibility index (Phi) is 3.55. The van der Waals surface area contributed by atoms with E-state index in [1.54, 1.807) is 0 Å². The lowest BCUT2D eigenvalue weighted by Gasteiger charge is -2.37. The van der Waals surface area contributed by atoms with E-state index in [1.165, 1.54) is 0 Å². The molecular weight excluding hydrogens is 244 g/mol. The highest BCUT2D eigenvalue weighted by Gasteiger charge is 2.47. The zero-order valence-electron chi connectivity index (χ0n) is 12.0. The number of aldehydes is 1. The fourth-order valence-corrected chi connectivity index (χ4v) is 3.36. The van der Waals surface area contributed by atoms with Crippen LogP contribution in [0.5, 0.6) is 0 Å². The molecule has 0 unspecified atom stereocenters. The monoisotopic (exact) mass is 268 g/mol. The molecule has 4 heteroatoms. The van der Waals surface area contributed by atoms with E-state index in [0.717, 1.165) is 6.29 Å². The highest BCUT2D eigenvalue weighted by Crippen LogP contribution is 2.41. The van der Waals surface area contributed by atoms with Crippen LogP contribution in [0.4, 0.5) is 0 Å². The summed E-state index contributed by atoms with van der Waals surface area (Å²) in [6, 6.07) is 0. The van der Waals surface area contributed by atoms with E-state index in [2.05, 4.69) is 39.9 Å². The van der Waals surface area contributed by atoms with Gasteiger partial charge in [-0.25, -0.2) is 0 Å². The Hall–Kier alpha value is -0.453. The summed E-state index contributed by atoms with van der Waals surface area (Å²) < 4.78 is 12.0. The van der Waals surface area contributed by atoms with Crippen molar-refractivity contribution in [1.82, 2.24) is 0 Å². The van der Waals surface area contributed by atoms with Crippen LogP contribution in [0.2, 0.25) is 18.1 Å². The van der Waals surface area contributed by atoms with Crippen LogP contribution in [0, 0.1) is 11.8 Å². The van der Waals surface area contributed by atoms with Crippen LogP contribution < -0.4 is 0 Å². The quantitative estimate of drug-likeness (QED) is 0.447. The summed E-state index contributed by atoms with van der Waals surface area (Å²) in [4.78, 5) is 11.2. The van der Waals surface area contributed by atoms with Crippen molar-refractivity contribution in [1.29, 1.82) is 0 Å². The first-order valence-electron chi connectivity index (χ1n) is 6.69. The molecule has 0 aromatic carbocycles. The van der Waals surface area contributed by atoms with Crippen LogP contribution in [-0.2, 0) is 14.0 Å². The van der Waals surface area contributed by atoms with Crippen molar-refractivity contribution in [3.63, 3.8) is 0 Å². The van der Waals surface area contributed by atoms with Gasteiger partial charge in [-0.05, 0) is 18.1 Å². The van der Waals surface area contributed by atoms with E-state index in [9.17, 15) is 4.79 Å². The largest absolute Gasteiger partial charge is 0.416 e. The fourth-order valence-electron chi connectivity index (χ4n) is 2.32. The van der Waals surface area contributed by atoms with Gasteiger partial charge in [-0.2, -0.15) is 0 Å². The summed E-state index contributed by atoms with van der Waals surface area (Å²) in [5, 5.41) is 0.206. The second-order valence-electron chi connectivity index (χ2n) is 6.90. The van der Waals surface area contributed by atoms with Crippen molar-refractivity contribution in [3.05, 3.63) is 12.2 Å². The summed E-state index contributed by atoms with van der Waals surface area (Å²) in [5.74, 6) is 0.177. The number of carbonyl (C=O) groups is 1. The van der Waals surface area contributed by atoms with Crippen LogP contribution in [0.25, 0.3) is 0 Å². The average Bonchev–Trinajstić information content (AvgIpc) is 2.84. The van der Waals surface area contributed by atoms with E-state index in [1.807, 2.05) is 6.08 Å². The molecule has 1 fully saturated rings. The minimum absolute atomic E-state index is 0.0134. The van der Waals surface area contributed by atoms with Gasteiger partial charge in [-0.15, -0.1) is 0 Å². The van der Waals surface area contributed by atoms with Crippen molar-refractivity contribution < 1.29 is 14.0 Å². The first-order valence-corrected chi connectivity index (χ1v) is 9.60. The molecule has 0 amide bonds. The molecule has 3 nitrogen and oxygen atoms in total. The van der Waals surface area contributed by atoms with E-state index in [0.29, 0.717) is 6.61 Å². The first kappa shape index (κ1) is 14.0. The van der Waals surface area contributed by atoms with Gasteiger partial charge in [0, 0.05) is 12.5 Å². The Morgan fingerprint density at radius 1 is 1.28 bits per heavy atom. The fraction of sp³-hybridized carbons (Fsp3) is 0.786. The molecule has 2 heterocycles. The van der Waals surface area contributed by atoms with Gasteiger partial charge in [0.2, 0.25) is 0 Å². The summed E-state index contributed by atoms with van der Waals surface area (Å²) in [5.41, 5.74) is 0. The third kappa shape index (κ3) is 2.33. The molecule has 2 rings (SSSR count). The van der Waals surface area contributed by atoms with Crippen LogP contribution in [0.15, 0.2) is 12.2 Å².